The van der Waals surface area contributed by atoms with Crippen molar-refractivity contribution < 1.29 is 42.9 Å². The summed E-state index contributed by atoms with van der Waals surface area (Å²) in [6.45, 7) is 4.68. The molecule has 0 aliphatic carbocycles. The molecule has 2 unspecified atom stereocenters. The van der Waals surface area contributed by atoms with E-state index in [-0.39, 0.29) is 38.6 Å². The molecule has 0 aliphatic rings. The lowest BCUT2D eigenvalue weighted by Gasteiger charge is -2.26. The van der Waals surface area contributed by atoms with Gasteiger partial charge in [-0.15, -0.1) is 0 Å². The number of carboxylic acids is 1. The number of likely N-dealkylation sites (N-methyl/N-ethyl adjacent to an activating group) is 1. The number of rotatable bonds is 38. The lowest BCUT2D eigenvalue weighted by molar-refractivity contribution is -0.870. The smallest absolute Gasteiger partial charge is 0.306 e. The summed E-state index contributed by atoms with van der Waals surface area (Å²) in [5.74, 6) is -2.31. The molecule has 0 fully saturated rings. The van der Waals surface area contributed by atoms with Gasteiger partial charge in [0.2, 0.25) is 0 Å². The maximum atomic E-state index is 12.7. The van der Waals surface area contributed by atoms with Crippen LogP contribution < -0.4 is 5.11 Å². The number of carbonyl (C=O) groups excluding carboxylic acids is 3. The zero-order valence-electron chi connectivity index (χ0n) is 34.2. The second-order valence-corrected chi connectivity index (χ2v) is 15.3. The van der Waals surface area contributed by atoms with E-state index in [9.17, 15) is 19.5 Å². The van der Waals surface area contributed by atoms with Crippen LogP contribution >= 0.6 is 0 Å². The average molecular weight is 738 g/mol. The minimum atomic E-state index is -1.62. The van der Waals surface area contributed by atoms with Crippen LogP contribution in [0.1, 0.15) is 174 Å². The molecule has 0 amide bonds. The van der Waals surface area contributed by atoms with Gasteiger partial charge in [0.25, 0.3) is 0 Å². The SMILES string of the molecule is CCCCCC/C=C\CCCCCCCC(=O)OCC(COC(OCC[N+](C)(C)C)C(=O)[O-])OC(=O)CCCCCCC/C=C\CCCCCCC. The van der Waals surface area contributed by atoms with Crippen LogP contribution in [0.5, 0.6) is 0 Å². The molecular weight excluding hydrogens is 658 g/mol. The van der Waals surface area contributed by atoms with Crippen LogP contribution in [0.2, 0.25) is 0 Å². The lowest BCUT2D eigenvalue weighted by Crippen LogP contribution is -2.44. The zero-order chi connectivity index (χ0) is 38.5. The summed E-state index contributed by atoms with van der Waals surface area (Å²) < 4.78 is 22.5. The van der Waals surface area contributed by atoms with Crippen LogP contribution in [0, 0.1) is 0 Å². The summed E-state index contributed by atoms with van der Waals surface area (Å²) in [5.41, 5.74) is 0. The zero-order valence-corrected chi connectivity index (χ0v) is 34.2. The Hall–Kier alpha value is -2.23. The van der Waals surface area contributed by atoms with Crippen molar-refractivity contribution in [2.75, 3.05) is 47.5 Å². The Balaban J connectivity index is 4.52. The van der Waals surface area contributed by atoms with E-state index in [1.807, 2.05) is 21.1 Å². The Bertz CT molecular complexity index is 913. The number of hydrogen-bond donors (Lipinski definition) is 0. The first-order valence-electron chi connectivity index (χ1n) is 21.0. The number of allylic oxidation sites excluding steroid dienone is 4. The van der Waals surface area contributed by atoms with Gasteiger partial charge >= 0.3 is 11.9 Å². The van der Waals surface area contributed by atoms with Crippen molar-refractivity contribution in [1.29, 1.82) is 0 Å². The van der Waals surface area contributed by atoms with Crippen molar-refractivity contribution in [3.05, 3.63) is 24.3 Å². The Kier molecular flexibility index (Phi) is 34.2. The Labute approximate surface area is 318 Å². The molecule has 304 valence electrons. The Morgan fingerprint density at radius 2 is 0.981 bits per heavy atom. The van der Waals surface area contributed by atoms with Gasteiger partial charge in [-0.05, 0) is 64.2 Å². The Morgan fingerprint density at radius 3 is 1.44 bits per heavy atom. The van der Waals surface area contributed by atoms with Crippen LogP contribution in [0.15, 0.2) is 24.3 Å². The summed E-state index contributed by atoms with van der Waals surface area (Å²) in [6, 6.07) is 0. The van der Waals surface area contributed by atoms with Gasteiger partial charge in [0.15, 0.2) is 12.4 Å². The first kappa shape index (κ1) is 49.8. The molecular formula is C43H79NO8. The van der Waals surface area contributed by atoms with Crippen molar-refractivity contribution >= 4 is 17.9 Å². The molecule has 0 aromatic carbocycles. The minimum absolute atomic E-state index is 0.146. The topological polar surface area (TPSA) is 111 Å². The molecule has 0 aliphatic heterocycles. The van der Waals surface area contributed by atoms with E-state index in [2.05, 4.69) is 38.2 Å². The molecule has 2 atom stereocenters. The number of carboxylic acid groups (broad SMARTS) is 1. The normalized spacial score (nSPS) is 13.2. The van der Waals surface area contributed by atoms with E-state index in [1.54, 1.807) is 0 Å². The van der Waals surface area contributed by atoms with Crippen molar-refractivity contribution in [1.82, 2.24) is 0 Å². The van der Waals surface area contributed by atoms with Gasteiger partial charge in [-0.2, -0.15) is 0 Å². The third kappa shape index (κ3) is 36.1. The first-order chi connectivity index (χ1) is 25.1. The van der Waals surface area contributed by atoms with Crippen LogP contribution in [-0.2, 0) is 33.3 Å². The summed E-state index contributed by atoms with van der Waals surface area (Å²) in [4.78, 5) is 36.8. The highest BCUT2D eigenvalue weighted by molar-refractivity contribution is 5.70. The van der Waals surface area contributed by atoms with Gasteiger partial charge in [-0.3, -0.25) is 9.59 Å². The predicted octanol–water partition coefficient (Wildman–Crippen LogP) is 9.16. The highest BCUT2D eigenvalue weighted by atomic mass is 16.7. The lowest BCUT2D eigenvalue weighted by atomic mass is 10.1. The van der Waals surface area contributed by atoms with Crippen LogP contribution in [0.3, 0.4) is 0 Å². The fourth-order valence-electron chi connectivity index (χ4n) is 5.58. The number of nitrogens with zero attached hydrogens (tertiary/aromatic N) is 1. The fraction of sp³-hybridized carbons (Fsp3) is 0.837. The first-order valence-corrected chi connectivity index (χ1v) is 21.0. The van der Waals surface area contributed by atoms with Crippen molar-refractivity contribution in [2.24, 2.45) is 0 Å². The fourth-order valence-corrected chi connectivity index (χ4v) is 5.58. The third-order valence-electron chi connectivity index (χ3n) is 8.92. The van der Waals surface area contributed by atoms with Crippen molar-refractivity contribution in [2.45, 2.75) is 187 Å². The number of quaternary nitrogens is 1. The van der Waals surface area contributed by atoms with Crippen LogP contribution in [0.25, 0.3) is 0 Å². The molecule has 0 aromatic heterocycles. The monoisotopic (exact) mass is 738 g/mol. The number of hydrogen-bond acceptors (Lipinski definition) is 8. The summed E-state index contributed by atoms with van der Waals surface area (Å²) in [6.07, 6.45) is 33.4. The molecule has 0 saturated carbocycles. The standard InChI is InChI=1S/C43H79NO8/c1-6-8-10-12-14-16-18-20-22-24-26-28-30-32-34-41(46)52-39(38-51-43(42(47)48)49-36-35-44(3,4)5)37-50-40(45)33-31-29-27-25-23-21-19-17-15-13-11-9-7-2/h17-20,39,43H,6-16,21-38H2,1-5H3/b19-17-,20-18-. The summed E-state index contributed by atoms with van der Waals surface area (Å²) in [7, 11) is 5.90. The van der Waals surface area contributed by atoms with Gasteiger partial charge in [-0.1, -0.05) is 122 Å². The van der Waals surface area contributed by atoms with Gasteiger partial charge in [0.05, 0.1) is 40.3 Å². The predicted molar refractivity (Wildman–Crippen MR) is 209 cm³/mol. The van der Waals surface area contributed by atoms with Crippen LogP contribution in [-0.4, -0.2) is 82.3 Å². The molecule has 0 aromatic rings. The quantitative estimate of drug-likeness (QED) is 0.0203. The minimum Gasteiger partial charge on any atom is -0.545 e. The molecule has 0 radical (unpaired) electrons. The molecule has 0 saturated heterocycles. The number of ether oxygens (including phenoxy) is 4. The van der Waals surface area contributed by atoms with Gasteiger partial charge in [-0.25, -0.2) is 0 Å². The van der Waals surface area contributed by atoms with Gasteiger partial charge < -0.3 is 33.3 Å². The molecule has 0 spiro atoms. The van der Waals surface area contributed by atoms with Gasteiger partial charge in [0, 0.05) is 12.8 Å². The number of aliphatic carboxylic acids is 1. The molecule has 9 heteroatoms. The number of carbonyl (C=O) groups is 3. The number of unbranched alkanes of at least 4 members (excludes halogenated alkanes) is 19. The second-order valence-electron chi connectivity index (χ2n) is 15.3. The van der Waals surface area contributed by atoms with E-state index in [0.29, 0.717) is 17.4 Å². The largest absolute Gasteiger partial charge is 0.545 e. The molecule has 0 N–H and O–H groups in total. The molecule has 0 bridgehead atoms. The molecule has 9 nitrogen and oxygen atoms in total. The van der Waals surface area contributed by atoms with E-state index >= 15 is 0 Å². The average Bonchev–Trinajstić information content (AvgIpc) is 3.09. The highest BCUT2D eigenvalue weighted by Crippen LogP contribution is 2.13. The third-order valence-corrected chi connectivity index (χ3v) is 8.92. The molecule has 0 heterocycles. The van der Waals surface area contributed by atoms with E-state index < -0.39 is 24.3 Å². The maximum absolute atomic E-state index is 12.7. The number of esters is 2. The second kappa shape index (κ2) is 35.8. The van der Waals surface area contributed by atoms with Gasteiger partial charge in [0.1, 0.15) is 13.2 Å². The van der Waals surface area contributed by atoms with E-state index in [1.165, 1.54) is 70.6 Å². The van der Waals surface area contributed by atoms with Crippen LogP contribution in [0.4, 0.5) is 0 Å². The molecule has 0 rings (SSSR count). The summed E-state index contributed by atoms with van der Waals surface area (Å²) >= 11 is 0. The van der Waals surface area contributed by atoms with E-state index in [0.717, 1.165) is 70.6 Å². The summed E-state index contributed by atoms with van der Waals surface area (Å²) in [5, 5.41) is 11.7. The van der Waals surface area contributed by atoms with Crippen molar-refractivity contribution in [3.63, 3.8) is 0 Å². The molecule has 52 heavy (non-hydrogen) atoms. The highest BCUT2D eigenvalue weighted by Gasteiger charge is 2.21. The van der Waals surface area contributed by atoms with E-state index in [4.69, 9.17) is 18.9 Å². The van der Waals surface area contributed by atoms with Crippen molar-refractivity contribution in [3.8, 4) is 0 Å². The maximum Gasteiger partial charge on any atom is 0.306 e. The Morgan fingerprint density at radius 1 is 0.558 bits per heavy atom.